The number of aromatic nitrogens is 1. The molecule has 10 heteroatoms. The van der Waals surface area contributed by atoms with E-state index in [1.807, 2.05) is 0 Å². The maximum atomic E-state index is 13.3. The van der Waals surface area contributed by atoms with Crippen molar-refractivity contribution in [3.05, 3.63) is 76.9 Å². The summed E-state index contributed by atoms with van der Waals surface area (Å²) in [5.41, 5.74) is 0.359. The molecule has 162 valence electrons. The first-order valence-electron chi connectivity index (χ1n) is 9.63. The highest BCUT2D eigenvalue weighted by atomic mass is 35.5. The fourth-order valence-electron chi connectivity index (χ4n) is 3.49. The van der Waals surface area contributed by atoms with Gasteiger partial charge in [-0.2, -0.15) is 4.31 Å². The van der Waals surface area contributed by atoms with Gasteiger partial charge in [0.05, 0.1) is 9.92 Å². The molecule has 1 amide bonds. The Bertz CT molecular complexity index is 1200. The number of halogens is 2. The van der Waals surface area contributed by atoms with Crippen molar-refractivity contribution in [3.8, 4) is 0 Å². The molecule has 1 fully saturated rings. The SMILES string of the molecule is O=C(Nc1ccc(F)c(Cl)c1)c1cc(C2CCCN(S(=O)(=O)c3ccccc3)C2)on1. The second-order valence-electron chi connectivity index (χ2n) is 7.21. The van der Waals surface area contributed by atoms with E-state index in [0.29, 0.717) is 30.8 Å². The van der Waals surface area contributed by atoms with Crippen molar-refractivity contribution in [2.24, 2.45) is 0 Å². The maximum absolute atomic E-state index is 13.3. The molecule has 0 bridgehead atoms. The number of nitrogens with zero attached hydrogens (tertiary/aromatic N) is 2. The predicted octanol–water partition coefficient (Wildman–Crippen LogP) is 4.29. The molecular weight excluding hydrogens is 445 g/mol. The molecular formula is C21H19ClFN3O4S. The van der Waals surface area contributed by atoms with E-state index >= 15 is 0 Å². The van der Waals surface area contributed by atoms with Crippen LogP contribution in [0, 0.1) is 5.82 Å². The second-order valence-corrected chi connectivity index (χ2v) is 9.56. The molecule has 1 aliphatic heterocycles. The van der Waals surface area contributed by atoms with Gasteiger partial charge in [0.1, 0.15) is 11.6 Å². The second kappa shape index (κ2) is 8.78. The molecule has 2 heterocycles. The quantitative estimate of drug-likeness (QED) is 0.609. The number of nitrogens with one attached hydrogen (secondary N) is 1. The summed E-state index contributed by atoms with van der Waals surface area (Å²) in [7, 11) is -3.61. The molecule has 2 aromatic carbocycles. The molecule has 0 saturated carbocycles. The highest BCUT2D eigenvalue weighted by molar-refractivity contribution is 7.89. The van der Waals surface area contributed by atoms with Crippen LogP contribution in [-0.4, -0.2) is 36.9 Å². The Kier molecular flexibility index (Phi) is 6.08. The Morgan fingerprint density at radius 2 is 1.97 bits per heavy atom. The lowest BCUT2D eigenvalue weighted by atomic mass is 9.97. The zero-order chi connectivity index (χ0) is 22.0. The zero-order valence-corrected chi connectivity index (χ0v) is 17.9. The van der Waals surface area contributed by atoms with Crippen molar-refractivity contribution in [2.75, 3.05) is 18.4 Å². The Morgan fingerprint density at radius 1 is 1.19 bits per heavy atom. The summed E-state index contributed by atoms with van der Waals surface area (Å²) in [6.07, 6.45) is 1.37. The van der Waals surface area contributed by atoms with Crippen LogP contribution in [0.2, 0.25) is 5.02 Å². The number of hydrogen-bond acceptors (Lipinski definition) is 5. The first-order chi connectivity index (χ1) is 14.8. The summed E-state index contributed by atoms with van der Waals surface area (Å²) in [6.45, 7) is 0.654. The van der Waals surface area contributed by atoms with Gasteiger partial charge in [-0.15, -0.1) is 0 Å². The van der Waals surface area contributed by atoms with Crippen LogP contribution in [0.25, 0.3) is 0 Å². The number of hydrogen-bond donors (Lipinski definition) is 1. The highest BCUT2D eigenvalue weighted by Crippen LogP contribution is 2.31. The maximum Gasteiger partial charge on any atom is 0.277 e. The number of amides is 1. The lowest BCUT2D eigenvalue weighted by Crippen LogP contribution is -2.39. The fourth-order valence-corrected chi connectivity index (χ4v) is 5.22. The zero-order valence-electron chi connectivity index (χ0n) is 16.3. The van der Waals surface area contributed by atoms with Crippen LogP contribution in [0.3, 0.4) is 0 Å². The minimum absolute atomic E-state index is 0.0403. The molecule has 7 nitrogen and oxygen atoms in total. The summed E-state index contributed by atoms with van der Waals surface area (Å²) in [5, 5.41) is 6.28. The Hall–Kier alpha value is -2.75. The van der Waals surface area contributed by atoms with Gasteiger partial charge in [0.2, 0.25) is 10.0 Å². The van der Waals surface area contributed by atoms with Gasteiger partial charge in [-0.25, -0.2) is 12.8 Å². The minimum atomic E-state index is -3.61. The van der Waals surface area contributed by atoms with E-state index in [9.17, 15) is 17.6 Å². The monoisotopic (exact) mass is 463 g/mol. The number of piperidine rings is 1. The number of carbonyl (C=O) groups excluding carboxylic acids is 1. The third-order valence-electron chi connectivity index (χ3n) is 5.11. The number of anilines is 1. The van der Waals surface area contributed by atoms with Gasteiger partial charge in [-0.1, -0.05) is 35.0 Å². The van der Waals surface area contributed by atoms with E-state index in [0.717, 1.165) is 6.07 Å². The normalized spacial score (nSPS) is 17.4. The molecule has 1 unspecified atom stereocenters. The van der Waals surface area contributed by atoms with Crippen LogP contribution in [-0.2, 0) is 10.0 Å². The number of rotatable bonds is 5. The Morgan fingerprint density at radius 3 is 2.71 bits per heavy atom. The summed E-state index contributed by atoms with van der Waals surface area (Å²) < 4.78 is 45.9. The molecule has 0 aliphatic carbocycles. The van der Waals surface area contributed by atoms with Crippen molar-refractivity contribution in [1.82, 2.24) is 9.46 Å². The smallest absolute Gasteiger partial charge is 0.277 e. The van der Waals surface area contributed by atoms with Gasteiger partial charge in [-0.05, 0) is 43.2 Å². The molecule has 1 atom stereocenters. The Balaban J connectivity index is 1.47. The topological polar surface area (TPSA) is 92.5 Å². The third-order valence-corrected chi connectivity index (χ3v) is 7.27. The Labute approximate surface area is 183 Å². The van der Waals surface area contributed by atoms with Crippen LogP contribution in [0.5, 0.6) is 0 Å². The van der Waals surface area contributed by atoms with E-state index in [-0.39, 0.29) is 28.1 Å². The van der Waals surface area contributed by atoms with Crippen LogP contribution in [0.4, 0.5) is 10.1 Å². The number of carbonyl (C=O) groups is 1. The molecule has 1 aromatic heterocycles. The van der Waals surface area contributed by atoms with Crippen molar-refractivity contribution in [2.45, 2.75) is 23.7 Å². The highest BCUT2D eigenvalue weighted by Gasteiger charge is 2.32. The average molecular weight is 464 g/mol. The summed E-state index contributed by atoms with van der Waals surface area (Å²) in [5.74, 6) is -0.908. The fraction of sp³-hybridized carbons (Fsp3) is 0.238. The van der Waals surface area contributed by atoms with E-state index in [1.54, 1.807) is 30.3 Å². The van der Waals surface area contributed by atoms with Crippen molar-refractivity contribution in [1.29, 1.82) is 0 Å². The average Bonchev–Trinajstić information content (AvgIpc) is 3.28. The molecule has 3 aromatic rings. The lowest BCUT2D eigenvalue weighted by molar-refractivity contribution is 0.101. The lowest BCUT2D eigenvalue weighted by Gasteiger charge is -2.30. The van der Waals surface area contributed by atoms with Gasteiger partial charge in [0.25, 0.3) is 5.91 Å². The standard InChI is InChI=1S/C21H19ClFN3O4S/c22-17-11-15(8-9-18(17)23)24-21(27)19-12-20(30-25-19)14-5-4-10-26(13-14)31(28,29)16-6-2-1-3-7-16/h1-3,6-9,11-12,14H,4-5,10,13H2,(H,24,27). The summed E-state index contributed by atoms with van der Waals surface area (Å²) in [4.78, 5) is 12.7. The van der Waals surface area contributed by atoms with Gasteiger partial charge in [0, 0.05) is 30.8 Å². The van der Waals surface area contributed by atoms with Crippen molar-refractivity contribution < 1.29 is 22.1 Å². The molecule has 4 rings (SSSR count). The van der Waals surface area contributed by atoms with E-state index in [1.165, 1.54) is 22.5 Å². The van der Waals surface area contributed by atoms with E-state index in [4.69, 9.17) is 16.1 Å². The van der Waals surface area contributed by atoms with Crippen molar-refractivity contribution in [3.63, 3.8) is 0 Å². The summed E-state index contributed by atoms with van der Waals surface area (Å²) >= 11 is 5.73. The molecule has 31 heavy (non-hydrogen) atoms. The van der Waals surface area contributed by atoms with Gasteiger partial charge >= 0.3 is 0 Å². The van der Waals surface area contributed by atoms with E-state index in [2.05, 4.69) is 10.5 Å². The molecule has 1 saturated heterocycles. The first-order valence-corrected chi connectivity index (χ1v) is 11.4. The van der Waals surface area contributed by atoms with E-state index < -0.39 is 21.7 Å². The van der Waals surface area contributed by atoms with Gasteiger partial charge < -0.3 is 9.84 Å². The predicted molar refractivity (Wildman–Crippen MR) is 113 cm³/mol. The third kappa shape index (κ3) is 4.63. The largest absolute Gasteiger partial charge is 0.360 e. The molecule has 1 aliphatic rings. The van der Waals surface area contributed by atoms with Crippen LogP contribution < -0.4 is 5.32 Å². The van der Waals surface area contributed by atoms with Crippen LogP contribution in [0.1, 0.15) is 35.0 Å². The molecule has 1 N–H and O–H groups in total. The first kappa shape index (κ1) is 21.5. The number of benzene rings is 2. The van der Waals surface area contributed by atoms with Crippen molar-refractivity contribution >= 4 is 33.2 Å². The molecule has 0 spiro atoms. The van der Waals surface area contributed by atoms with Gasteiger partial charge in [0.15, 0.2) is 5.69 Å². The number of sulfonamides is 1. The van der Waals surface area contributed by atoms with Crippen LogP contribution in [0.15, 0.2) is 64.0 Å². The minimum Gasteiger partial charge on any atom is -0.360 e. The summed E-state index contributed by atoms with van der Waals surface area (Å²) in [6, 6.07) is 13.6. The van der Waals surface area contributed by atoms with Gasteiger partial charge in [-0.3, -0.25) is 4.79 Å². The van der Waals surface area contributed by atoms with Crippen LogP contribution >= 0.6 is 11.6 Å². The molecule has 0 radical (unpaired) electrons.